The fraction of sp³-hybridized carbons (Fsp3) is 0.276. The van der Waals surface area contributed by atoms with Gasteiger partial charge in [-0.05, 0) is 62.4 Å². The predicted molar refractivity (Wildman–Crippen MR) is 145 cm³/mol. The number of H-pyrrole nitrogens is 1. The van der Waals surface area contributed by atoms with Crippen molar-refractivity contribution in [3.8, 4) is 11.1 Å². The van der Waals surface area contributed by atoms with Gasteiger partial charge in [-0.15, -0.1) is 0 Å². The molecule has 0 radical (unpaired) electrons. The monoisotopic (exact) mass is 523 g/mol. The summed E-state index contributed by atoms with van der Waals surface area (Å²) in [6, 6.07) is 12.2. The first-order valence-electron chi connectivity index (χ1n) is 12.1. The van der Waals surface area contributed by atoms with E-state index < -0.39 is 35.3 Å². The zero-order valence-corrected chi connectivity index (χ0v) is 22.0. The third-order valence-electron chi connectivity index (χ3n) is 7.08. The Balaban J connectivity index is 1.52. The maximum Gasteiger partial charge on any atom is 0.412 e. The second kappa shape index (κ2) is 9.06. The van der Waals surface area contributed by atoms with Crippen molar-refractivity contribution in [2.45, 2.75) is 52.2 Å². The number of hydrogen-bond acceptors (Lipinski definition) is 3. The highest BCUT2D eigenvalue weighted by Crippen LogP contribution is 2.46. The number of halogens is 3. The molecule has 0 fully saturated rings. The highest BCUT2D eigenvalue weighted by Gasteiger charge is 2.45. The molecular weight excluding hydrogens is 496 g/mol. The van der Waals surface area contributed by atoms with E-state index >= 15 is 8.78 Å². The number of anilines is 2. The minimum Gasteiger partial charge on any atom is -0.443 e. The Morgan fingerprint density at radius 2 is 1.89 bits per heavy atom. The van der Waals surface area contributed by atoms with Gasteiger partial charge in [-0.1, -0.05) is 42.8 Å². The number of aromatic amines is 1. The Labute approximate surface area is 219 Å². The third kappa shape index (κ3) is 4.31. The van der Waals surface area contributed by atoms with E-state index in [0.29, 0.717) is 27.5 Å². The van der Waals surface area contributed by atoms with E-state index in [1.165, 1.54) is 6.07 Å². The summed E-state index contributed by atoms with van der Waals surface area (Å²) in [6.45, 7) is 9.20. The van der Waals surface area contributed by atoms with Crippen molar-refractivity contribution >= 4 is 40.0 Å². The first-order valence-corrected chi connectivity index (χ1v) is 12.5. The fourth-order valence-electron chi connectivity index (χ4n) is 5.49. The molecule has 0 unspecified atom stereocenters. The molecule has 0 saturated heterocycles. The Bertz CT molecular complexity index is 1520. The van der Waals surface area contributed by atoms with Gasteiger partial charge in [-0.3, -0.25) is 5.32 Å². The summed E-state index contributed by atoms with van der Waals surface area (Å²) < 4.78 is 37.4. The molecule has 5 rings (SSSR count). The Hall–Kier alpha value is -3.58. The van der Waals surface area contributed by atoms with Crippen LogP contribution in [0.1, 0.15) is 43.4 Å². The smallest absolute Gasteiger partial charge is 0.412 e. The molecule has 2 atom stereocenters. The standard InChI is InChI=1S/C29H28ClF2N3O2/c1-14-11-15(2)25(19(30)12-14)34-28(36)37-27-16(3)22-21(35-29(27,4)5)13-20(31)23(24(22)32)18-8-6-7-17-9-10-33-26(17)18/h6-13,16,27,33,35H,1-5H3,(H,34,36)/t16-,27+/m0/s1. The van der Waals surface area contributed by atoms with Gasteiger partial charge in [-0.2, -0.15) is 0 Å². The van der Waals surface area contributed by atoms with Crippen molar-refractivity contribution < 1.29 is 18.3 Å². The second-order valence-electron chi connectivity index (χ2n) is 10.3. The SMILES string of the molecule is Cc1cc(C)c(NC(=O)O[C@@H]2[C@@H](C)c3c(cc(F)c(-c4cccc5cc[nH]c45)c3F)NC2(C)C)c(Cl)c1. The number of carbonyl (C=O) groups excluding carboxylic acids is 1. The lowest BCUT2D eigenvalue weighted by atomic mass is 9.77. The minimum atomic E-state index is -0.810. The van der Waals surface area contributed by atoms with Crippen LogP contribution in [-0.4, -0.2) is 22.7 Å². The van der Waals surface area contributed by atoms with Crippen molar-refractivity contribution in [2.24, 2.45) is 0 Å². The molecule has 4 aromatic rings. The minimum absolute atomic E-state index is 0.120. The van der Waals surface area contributed by atoms with Crippen LogP contribution in [0.25, 0.3) is 22.0 Å². The van der Waals surface area contributed by atoms with E-state index in [1.807, 2.05) is 45.9 Å². The molecule has 1 amide bonds. The van der Waals surface area contributed by atoms with Crippen LogP contribution in [0.2, 0.25) is 5.02 Å². The van der Waals surface area contributed by atoms with E-state index in [1.54, 1.807) is 31.3 Å². The first-order chi connectivity index (χ1) is 17.5. The van der Waals surface area contributed by atoms with Gasteiger partial charge in [0.25, 0.3) is 0 Å². The summed E-state index contributed by atoms with van der Waals surface area (Å²) in [7, 11) is 0. The number of benzene rings is 3. The fourth-order valence-corrected chi connectivity index (χ4v) is 5.86. The first kappa shape index (κ1) is 25.1. The highest BCUT2D eigenvalue weighted by molar-refractivity contribution is 6.34. The zero-order valence-electron chi connectivity index (χ0n) is 21.2. The Morgan fingerprint density at radius 1 is 1.14 bits per heavy atom. The van der Waals surface area contributed by atoms with Gasteiger partial charge >= 0.3 is 6.09 Å². The van der Waals surface area contributed by atoms with Gasteiger partial charge in [0.1, 0.15) is 17.7 Å². The number of aryl methyl sites for hydroxylation is 2. The molecule has 1 aliphatic rings. The quantitative estimate of drug-likeness (QED) is 0.253. The number of para-hydroxylation sites is 1. The van der Waals surface area contributed by atoms with E-state index in [4.69, 9.17) is 16.3 Å². The van der Waals surface area contributed by atoms with E-state index in [2.05, 4.69) is 15.6 Å². The molecule has 3 N–H and O–H groups in total. The molecule has 3 aromatic carbocycles. The zero-order chi connectivity index (χ0) is 26.6. The number of hydrogen-bond donors (Lipinski definition) is 3. The van der Waals surface area contributed by atoms with Gasteiger partial charge in [0.05, 0.1) is 27.3 Å². The van der Waals surface area contributed by atoms with Crippen LogP contribution in [0.5, 0.6) is 0 Å². The molecule has 1 aliphatic heterocycles. The van der Waals surface area contributed by atoms with Crippen LogP contribution in [0.4, 0.5) is 25.0 Å². The van der Waals surface area contributed by atoms with E-state index in [9.17, 15) is 4.79 Å². The largest absolute Gasteiger partial charge is 0.443 e. The number of ether oxygens (including phenoxy) is 1. The summed E-state index contributed by atoms with van der Waals surface area (Å²) in [5, 5.41) is 7.18. The van der Waals surface area contributed by atoms with Gasteiger partial charge < -0.3 is 15.0 Å². The number of nitrogens with one attached hydrogen (secondary N) is 3. The summed E-state index contributed by atoms with van der Waals surface area (Å²) in [6.07, 6.45) is 0.265. The molecule has 0 aliphatic carbocycles. The van der Waals surface area contributed by atoms with Crippen LogP contribution in [0.15, 0.2) is 48.7 Å². The van der Waals surface area contributed by atoms with Crippen LogP contribution in [0.3, 0.4) is 0 Å². The molecular formula is C29H28ClF2N3O2. The molecule has 37 heavy (non-hydrogen) atoms. The van der Waals surface area contributed by atoms with E-state index in [-0.39, 0.29) is 11.1 Å². The molecule has 192 valence electrons. The molecule has 1 aromatic heterocycles. The van der Waals surface area contributed by atoms with Crippen LogP contribution in [0, 0.1) is 25.5 Å². The topological polar surface area (TPSA) is 66.1 Å². The predicted octanol–water partition coefficient (Wildman–Crippen LogP) is 8.31. The Morgan fingerprint density at radius 3 is 2.62 bits per heavy atom. The number of aromatic nitrogens is 1. The Kier molecular flexibility index (Phi) is 6.15. The molecule has 0 saturated carbocycles. The van der Waals surface area contributed by atoms with Crippen molar-refractivity contribution in [3.05, 3.63) is 82.0 Å². The van der Waals surface area contributed by atoms with Crippen LogP contribution >= 0.6 is 11.6 Å². The van der Waals surface area contributed by atoms with Crippen LogP contribution < -0.4 is 10.6 Å². The molecule has 0 spiro atoms. The van der Waals surface area contributed by atoms with Crippen LogP contribution in [-0.2, 0) is 4.74 Å². The normalized spacial score (nSPS) is 18.3. The summed E-state index contributed by atoms with van der Waals surface area (Å²) in [5.41, 5.74) is 2.98. The lowest BCUT2D eigenvalue weighted by Gasteiger charge is -2.44. The lowest BCUT2D eigenvalue weighted by molar-refractivity contribution is 0.0560. The summed E-state index contributed by atoms with van der Waals surface area (Å²) >= 11 is 6.35. The number of amides is 1. The second-order valence-corrected chi connectivity index (χ2v) is 10.7. The van der Waals surface area contributed by atoms with Crippen molar-refractivity contribution in [1.29, 1.82) is 0 Å². The molecule has 8 heteroatoms. The van der Waals surface area contributed by atoms with Crippen molar-refractivity contribution in [1.82, 2.24) is 4.98 Å². The summed E-state index contributed by atoms with van der Waals surface area (Å²) in [4.78, 5) is 16.1. The molecule has 2 heterocycles. The van der Waals surface area contributed by atoms with Gasteiger partial charge in [0, 0.05) is 28.9 Å². The third-order valence-corrected chi connectivity index (χ3v) is 7.38. The van der Waals surface area contributed by atoms with Crippen molar-refractivity contribution in [2.75, 3.05) is 10.6 Å². The van der Waals surface area contributed by atoms with Crippen molar-refractivity contribution in [3.63, 3.8) is 0 Å². The van der Waals surface area contributed by atoms with Gasteiger partial charge in [0.2, 0.25) is 0 Å². The van der Waals surface area contributed by atoms with Gasteiger partial charge in [-0.25, -0.2) is 13.6 Å². The molecule has 0 bridgehead atoms. The average molecular weight is 524 g/mol. The summed E-state index contributed by atoms with van der Waals surface area (Å²) in [5.74, 6) is -1.93. The average Bonchev–Trinajstić information content (AvgIpc) is 3.28. The van der Waals surface area contributed by atoms with Gasteiger partial charge in [0.15, 0.2) is 0 Å². The highest BCUT2D eigenvalue weighted by atomic mass is 35.5. The number of carbonyl (C=O) groups is 1. The number of rotatable bonds is 3. The molecule has 5 nitrogen and oxygen atoms in total. The van der Waals surface area contributed by atoms with E-state index in [0.717, 1.165) is 16.5 Å². The maximum atomic E-state index is 16.2. The maximum absolute atomic E-state index is 16.2. The lowest BCUT2D eigenvalue weighted by Crippen LogP contribution is -2.52. The number of fused-ring (bicyclic) bond motifs is 2.